The molecule has 1 aliphatic rings. The van der Waals surface area contributed by atoms with Gasteiger partial charge in [-0.05, 0) is 23.1 Å². The van der Waals surface area contributed by atoms with Gasteiger partial charge in [0.1, 0.15) is 11.9 Å². The Bertz CT molecular complexity index is 409. The van der Waals surface area contributed by atoms with E-state index in [1.54, 1.807) is 0 Å². The van der Waals surface area contributed by atoms with Crippen molar-refractivity contribution in [3.05, 3.63) is 23.8 Å². The van der Waals surface area contributed by atoms with Crippen LogP contribution >= 0.6 is 0 Å². The van der Waals surface area contributed by atoms with Crippen molar-refractivity contribution in [1.29, 1.82) is 0 Å². The van der Waals surface area contributed by atoms with Gasteiger partial charge in [0.2, 0.25) is 0 Å². The fourth-order valence-corrected chi connectivity index (χ4v) is 2.10. The van der Waals surface area contributed by atoms with Crippen molar-refractivity contribution < 1.29 is 9.84 Å². The number of rotatable bonds is 1. The largest absolute Gasteiger partial charge is 0.484 e. The van der Waals surface area contributed by atoms with E-state index >= 15 is 0 Å². The first kappa shape index (κ1) is 12.2. The topological polar surface area (TPSA) is 32.7 Å². The minimum atomic E-state index is -0.118. The average Bonchev–Trinajstić information content (AvgIpc) is 2.27. The summed E-state index contributed by atoms with van der Waals surface area (Å²) in [6.07, 6.45) is -0.118. The number of fused-ring (bicyclic) bond motifs is 1. The highest BCUT2D eigenvalue weighted by Gasteiger charge is 2.24. The van der Waals surface area contributed by atoms with E-state index < -0.39 is 0 Å². The molecule has 0 aliphatic carbocycles. The Morgan fingerprint density at radius 1 is 1.41 bits per heavy atom. The molecule has 1 heterocycles. The highest BCUT2D eigenvalue weighted by molar-refractivity contribution is 5.62. The number of aliphatic hydroxyl groups is 1. The van der Waals surface area contributed by atoms with E-state index in [0.717, 1.165) is 18.0 Å². The van der Waals surface area contributed by atoms with Crippen LogP contribution in [-0.2, 0) is 5.41 Å². The van der Waals surface area contributed by atoms with Gasteiger partial charge in [-0.15, -0.1) is 0 Å². The molecule has 1 aromatic rings. The molecule has 0 radical (unpaired) electrons. The van der Waals surface area contributed by atoms with Crippen molar-refractivity contribution in [2.75, 3.05) is 25.1 Å². The summed E-state index contributed by atoms with van der Waals surface area (Å²) in [5.74, 6) is 0.866. The predicted molar refractivity (Wildman–Crippen MR) is 69.9 cm³/mol. The van der Waals surface area contributed by atoms with E-state index in [1.807, 2.05) is 13.1 Å². The van der Waals surface area contributed by atoms with Crippen LogP contribution in [0.3, 0.4) is 0 Å². The Hall–Kier alpha value is -1.22. The molecule has 0 saturated heterocycles. The summed E-state index contributed by atoms with van der Waals surface area (Å²) in [6, 6.07) is 6.30. The number of aliphatic hydroxyl groups excluding tert-OH is 1. The van der Waals surface area contributed by atoms with Gasteiger partial charge in [-0.3, -0.25) is 0 Å². The second-order valence-electron chi connectivity index (χ2n) is 5.74. The van der Waals surface area contributed by atoms with Crippen molar-refractivity contribution >= 4 is 5.69 Å². The summed E-state index contributed by atoms with van der Waals surface area (Å²) in [5.41, 5.74) is 2.56. The fraction of sp³-hybridized carbons (Fsp3) is 0.571. The normalized spacial score (nSPS) is 19.8. The molecule has 0 aromatic heterocycles. The lowest BCUT2D eigenvalue weighted by Crippen LogP contribution is -2.40. The molecule has 0 spiro atoms. The van der Waals surface area contributed by atoms with Crippen LogP contribution in [0.2, 0.25) is 0 Å². The average molecular weight is 235 g/mol. The lowest BCUT2D eigenvalue weighted by Gasteiger charge is -2.34. The van der Waals surface area contributed by atoms with Crippen LogP contribution in [-0.4, -0.2) is 31.4 Å². The summed E-state index contributed by atoms with van der Waals surface area (Å²) in [7, 11) is 2.04. The zero-order chi connectivity index (χ0) is 12.6. The van der Waals surface area contributed by atoms with Gasteiger partial charge in [-0.2, -0.15) is 0 Å². The van der Waals surface area contributed by atoms with Crippen LogP contribution in [0.15, 0.2) is 18.2 Å². The highest BCUT2D eigenvalue weighted by atomic mass is 16.5. The van der Waals surface area contributed by atoms with Crippen LogP contribution in [0, 0.1) is 0 Å². The molecule has 0 amide bonds. The molecule has 0 bridgehead atoms. The first-order valence-electron chi connectivity index (χ1n) is 6.05. The summed E-state index contributed by atoms with van der Waals surface area (Å²) >= 11 is 0. The minimum absolute atomic E-state index is 0.0603. The third kappa shape index (κ3) is 2.39. The molecule has 1 N–H and O–H groups in total. The van der Waals surface area contributed by atoms with Gasteiger partial charge in [-0.25, -0.2) is 0 Å². The molecule has 2 rings (SSSR count). The van der Waals surface area contributed by atoms with Crippen molar-refractivity contribution in [1.82, 2.24) is 0 Å². The molecule has 3 heteroatoms. The first-order chi connectivity index (χ1) is 7.91. The maximum atomic E-state index is 9.17. The van der Waals surface area contributed by atoms with Crippen molar-refractivity contribution in [2.45, 2.75) is 32.3 Å². The Balaban J connectivity index is 2.37. The van der Waals surface area contributed by atoms with Crippen molar-refractivity contribution in [3.8, 4) is 5.75 Å². The number of hydrogen-bond donors (Lipinski definition) is 1. The predicted octanol–water partition coefficient (Wildman–Crippen LogP) is 2.17. The lowest BCUT2D eigenvalue weighted by molar-refractivity contribution is 0.113. The Morgan fingerprint density at radius 3 is 2.71 bits per heavy atom. The molecule has 1 aliphatic heterocycles. The second-order valence-corrected chi connectivity index (χ2v) is 5.74. The molecule has 3 nitrogen and oxygen atoms in total. The SMILES string of the molecule is CN1CC(CO)Oc2ccc(C(C)(C)C)cc21. The van der Waals surface area contributed by atoms with Crippen LogP contribution < -0.4 is 9.64 Å². The first-order valence-corrected chi connectivity index (χ1v) is 6.05. The number of anilines is 1. The number of nitrogens with zero attached hydrogens (tertiary/aromatic N) is 1. The van der Waals surface area contributed by atoms with Crippen LogP contribution in [0.4, 0.5) is 5.69 Å². The Morgan fingerprint density at radius 2 is 2.12 bits per heavy atom. The van der Waals surface area contributed by atoms with E-state index in [2.05, 4.69) is 37.8 Å². The Kier molecular flexibility index (Phi) is 3.04. The maximum Gasteiger partial charge on any atom is 0.143 e. The van der Waals surface area contributed by atoms with Gasteiger partial charge in [0.25, 0.3) is 0 Å². The molecule has 1 atom stereocenters. The van der Waals surface area contributed by atoms with Gasteiger partial charge < -0.3 is 14.7 Å². The molecule has 0 fully saturated rings. The lowest BCUT2D eigenvalue weighted by atomic mass is 9.86. The number of benzene rings is 1. The summed E-state index contributed by atoms with van der Waals surface area (Å²) < 4.78 is 5.73. The van der Waals surface area contributed by atoms with Crippen molar-refractivity contribution in [3.63, 3.8) is 0 Å². The molecule has 1 unspecified atom stereocenters. The Labute approximate surface area is 103 Å². The second kappa shape index (κ2) is 4.22. The highest BCUT2D eigenvalue weighted by Crippen LogP contribution is 2.36. The van der Waals surface area contributed by atoms with Gasteiger partial charge in [-0.1, -0.05) is 26.8 Å². The number of ether oxygens (including phenoxy) is 1. The standard InChI is InChI=1S/C14H21NO2/c1-14(2,3)10-5-6-13-12(7-10)15(4)8-11(9-16)17-13/h5-7,11,16H,8-9H2,1-4H3. The monoisotopic (exact) mass is 235 g/mol. The molecule has 94 valence electrons. The fourth-order valence-electron chi connectivity index (χ4n) is 2.10. The van der Waals surface area contributed by atoms with Gasteiger partial charge in [0, 0.05) is 7.05 Å². The van der Waals surface area contributed by atoms with Crippen LogP contribution in [0.5, 0.6) is 5.75 Å². The minimum Gasteiger partial charge on any atom is -0.484 e. The van der Waals surface area contributed by atoms with Crippen LogP contribution in [0.25, 0.3) is 0 Å². The van der Waals surface area contributed by atoms with E-state index in [1.165, 1.54) is 5.56 Å². The van der Waals surface area contributed by atoms with Gasteiger partial charge in [0.15, 0.2) is 0 Å². The van der Waals surface area contributed by atoms with E-state index in [9.17, 15) is 0 Å². The smallest absolute Gasteiger partial charge is 0.143 e. The third-order valence-electron chi connectivity index (χ3n) is 3.21. The van der Waals surface area contributed by atoms with E-state index in [-0.39, 0.29) is 18.1 Å². The summed E-state index contributed by atoms with van der Waals surface area (Å²) in [6.45, 7) is 7.40. The molecule has 1 aromatic carbocycles. The summed E-state index contributed by atoms with van der Waals surface area (Å²) in [4.78, 5) is 2.15. The third-order valence-corrected chi connectivity index (χ3v) is 3.21. The van der Waals surface area contributed by atoms with Gasteiger partial charge >= 0.3 is 0 Å². The van der Waals surface area contributed by atoms with E-state index in [0.29, 0.717) is 0 Å². The van der Waals surface area contributed by atoms with Crippen molar-refractivity contribution in [2.24, 2.45) is 0 Å². The summed E-state index contributed by atoms with van der Waals surface area (Å²) in [5, 5.41) is 9.17. The molecular weight excluding hydrogens is 214 g/mol. The zero-order valence-corrected chi connectivity index (χ0v) is 11.0. The molecular formula is C14H21NO2. The quantitative estimate of drug-likeness (QED) is 0.809. The van der Waals surface area contributed by atoms with Crippen LogP contribution in [0.1, 0.15) is 26.3 Å². The zero-order valence-electron chi connectivity index (χ0n) is 11.0. The molecule has 0 saturated carbocycles. The van der Waals surface area contributed by atoms with Gasteiger partial charge in [0.05, 0.1) is 18.8 Å². The number of likely N-dealkylation sites (N-methyl/N-ethyl adjacent to an activating group) is 1. The molecule has 17 heavy (non-hydrogen) atoms. The van der Waals surface area contributed by atoms with E-state index in [4.69, 9.17) is 9.84 Å². The number of hydrogen-bond acceptors (Lipinski definition) is 3. The maximum absolute atomic E-state index is 9.17.